The average Bonchev–Trinajstić information content (AvgIpc) is 2.19. The van der Waals surface area contributed by atoms with Crippen LogP contribution in [0.1, 0.15) is 12.8 Å². The molecule has 14 heteroatoms. The molecule has 0 aliphatic rings. The Kier molecular flexibility index (Phi) is 78.4. The molecule has 0 saturated carbocycles. The fourth-order valence-corrected chi connectivity index (χ4v) is 0.167. The molecule has 0 bridgehead atoms. The molecule has 0 aromatic heterocycles. The zero-order valence-corrected chi connectivity index (χ0v) is 12.0. The van der Waals surface area contributed by atoms with E-state index in [1.807, 2.05) is 0 Å². The van der Waals surface area contributed by atoms with Gasteiger partial charge in [0, 0.05) is 0 Å². The van der Waals surface area contributed by atoms with E-state index in [1.54, 1.807) is 0 Å². The standard InChI is InChI=1S/2C3H8NO.2Cu.2NO3/c2*4-2-1-3-5;;;2*2-1(3)4/h2*1-4H2;;;;/q2*-1;2*+2;2*-1. The fraction of sp³-hybridized carbons (Fsp3) is 1.00. The Hall–Kier alpha value is -0.721. The van der Waals surface area contributed by atoms with Gasteiger partial charge in [0.1, 0.15) is 0 Å². The van der Waals surface area contributed by atoms with Crippen molar-refractivity contribution >= 4 is 0 Å². The minimum Gasteiger partial charge on any atom is -0.854 e. The van der Waals surface area contributed by atoms with Gasteiger partial charge in [0.05, 0.1) is 10.2 Å². The van der Waals surface area contributed by atoms with Crippen molar-refractivity contribution < 1.29 is 54.5 Å². The largest absolute Gasteiger partial charge is 2.00 e. The summed E-state index contributed by atoms with van der Waals surface area (Å²) < 4.78 is 0. The minimum absolute atomic E-state index is 0. The Balaban J connectivity index is -0.0000000318. The Bertz CT molecular complexity index is 149. The zero-order chi connectivity index (χ0) is 15.4. The van der Waals surface area contributed by atoms with Crippen molar-refractivity contribution in [2.45, 2.75) is 12.8 Å². The quantitative estimate of drug-likeness (QED) is 0.274. The summed E-state index contributed by atoms with van der Waals surface area (Å²) in [4.78, 5) is 16.5. The van der Waals surface area contributed by atoms with E-state index in [2.05, 4.69) is 0 Å². The van der Waals surface area contributed by atoms with Crippen molar-refractivity contribution in [1.29, 1.82) is 0 Å². The van der Waals surface area contributed by atoms with E-state index in [4.69, 9.17) is 42.1 Å². The van der Waals surface area contributed by atoms with Gasteiger partial charge in [-0.15, -0.1) is 13.2 Å². The number of hydrogen-bond acceptors (Lipinski definition) is 10. The normalized spacial score (nSPS) is 6.60. The summed E-state index contributed by atoms with van der Waals surface area (Å²) in [5, 5.41) is 48.4. The third kappa shape index (κ3) is 426. The third-order valence-corrected chi connectivity index (χ3v) is 0.697. The van der Waals surface area contributed by atoms with Crippen LogP contribution in [-0.4, -0.2) is 36.5 Å². The number of rotatable bonds is 4. The molecule has 0 aliphatic heterocycles. The van der Waals surface area contributed by atoms with Crippen LogP contribution in [0.25, 0.3) is 0 Å². The van der Waals surface area contributed by atoms with Gasteiger partial charge < -0.3 is 52.3 Å². The monoisotopic (exact) mass is 398 g/mol. The van der Waals surface area contributed by atoms with Gasteiger partial charge in [0.25, 0.3) is 0 Å². The molecule has 0 aliphatic carbocycles. The maximum Gasteiger partial charge on any atom is 2.00 e. The van der Waals surface area contributed by atoms with Crippen LogP contribution in [0.4, 0.5) is 0 Å². The van der Waals surface area contributed by atoms with E-state index in [0.717, 1.165) is 0 Å². The van der Waals surface area contributed by atoms with E-state index in [-0.39, 0.29) is 47.4 Å². The Morgan fingerprint density at radius 1 is 0.700 bits per heavy atom. The van der Waals surface area contributed by atoms with E-state index in [9.17, 15) is 10.2 Å². The fourth-order valence-electron chi connectivity index (χ4n) is 0.167. The van der Waals surface area contributed by atoms with E-state index in [0.29, 0.717) is 25.9 Å². The topological polar surface area (TPSA) is 231 Å². The molecule has 0 heterocycles. The molecule has 0 fully saturated rings. The summed E-state index contributed by atoms with van der Waals surface area (Å²) in [7, 11) is 0. The second-order valence-electron chi connectivity index (χ2n) is 2.14. The first kappa shape index (κ1) is 36.5. The van der Waals surface area contributed by atoms with Crippen LogP contribution in [0.3, 0.4) is 0 Å². The van der Waals surface area contributed by atoms with E-state index >= 15 is 0 Å². The molecule has 0 atom stereocenters. The summed E-state index contributed by atoms with van der Waals surface area (Å²) >= 11 is 0. The number of hydrogen-bond donors (Lipinski definition) is 2. The summed E-state index contributed by atoms with van der Waals surface area (Å²) in [5.41, 5.74) is 9.88. The van der Waals surface area contributed by atoms with Crippen molar-refractivity contribution in [1.82, 2.24) is 0 Å². The second-order valence-corrected chi connectivity index (χ2v) is 2.14. The van der Waals surface area contributed by atoms with Crippen LogP contribution in [0.5, 0.6) is 0 Å². The number of nitrogens with zero attached hydrogens (tertiary/aromatic N) is 2. The van der Waals surface area contributed by atoms with Crippen molar-refractivity contribution in [2.75, 3.05) is 26.3 Å². The molecule has 4 N–H and O–H groups in total. The first-order chi connectivity index (χ1) is 8.29. The average molecular weight is 399 g/mol. The van der Waals surface area contributed by atoms with Gasteiger partial charge in [-0.25, -0.2) is 0 Å². The molecule has 12 nitrogen and oxygen atoms in total. The van der Waals surface area contributed by atoms with Crippen molar-refractivity contribution in [3.8, 4) is 0 Å². The Morgan fingerprint density at radius 2 is 0.850 bits per heavy atom. The molecule has 0 aromatic carbocycles. The smallest absolute Gasteiger partial charge is 0.854 e. The maximum atomic E-state index is 9.45. The molecule has 2 radical (unpaired) electrons. The van der Waals surface area contributed by atoms with Gasteiger partial charge in [-0.3, -0.25) is 0 Å². The minimum atomic E-state index is -1.75. The van der Waals surface area contributed by atoms with Gasteiger partial charge in [-0.05, 0) is 13.1 Å². The molecule has 0 amide bonds. The molecule has 0 spiro atoms. The van der Waals surface area contributed by atoms with Crippen LogP contribution >= 0.6 is 0 Å². The van der Waals surface area contributed by atoms with E-state index in [1.165, 1.54) is 0 Å². The van der Waals surface area contributed by atoms with Crippen molar-refractivity contribution in [3.05, 3.63) is 30.6 Å². The molecule has 0 saturated heterocycles. The molecule has 0 rings (SSSR count). The number of nitrogens with two attached hydrogens (primary N) is 2. The van der Waals surface area contributed by atoms with Crippen molar-refractivity contribution in [2.24, 2.45) is 11.5 Å². The first-order valence-electron chi connectivity index (χ1n) is 4.49. The molecule has 0 aromatic rings. The van der Waals surface area contributed by atoms with Crippen LogP contribution in [0.15, 0.2) is 0 Å². The summed E-state index contributed by atoms with van der Waals surface area (Å²) in [5.74, 6) is 0. The third-order valence-electron chi connectivity index (χ3n) is 0.697. The predicted molar refractivity (Wildman–Crippen MR) is 57.8 cm³/mol. The van der Waals surface area contributed by atoms with Crippen LogP contribution in [0, 0.1) is 30.6 Å². The molecule has 130 valence electrons. The summed E-state index contributed by atoms with van der Waals surface area (Å²) in [6, 6.07) is 0. The van der Waals surface area contributed by atoms with Gasteiger partial charge >= 0.3 is 34.1 Å². The van der Waals surface area contributed by atoms with Crippen LogP contribution in [0.2, 0.25) is 0 Å². The Labute approximate surface area is 136 Å². The molecule has 0 unspecified atom stereocenters. The SMILES string of the molecule is NCCC[O-].NCCC[O-].O=[N+]([O-])[O-].O=[N+]([O-])[O-].[Cu+2].[Cu+2]. The molecular formula is C6H16Cu2N4O8. The molecule has 20 heavy (non-hydrogen) atoms. The first-order valence-corrected chi connectivity index (χ1v) is 4.49. The summed E-state index contributed by atoms with van der Waals surface area (Å²) in [6.07, 6.45) is 1.22. The Morgan fingerprint density at radius 3 is 0.850 bits per heavy atom. The van der Waals surface area contributed by atoms with Gasteiger partial charge in [-0.2, -0.15) is 0 Å². The van der Waals surface area contributed by atoms with Crippen molar-refractivity contribution in [3.63, 3.8) is 0 Å². The molecular weight excluding hydrogens is 383 g/mol. The second kappa shape index (κ2) is 42.9. The van der Waals surface area contributed by atoms with Gasteiger partial charge in [-0.1, -0.05) is 12.8 Å². The summed E-state index contributed by atoms with van der Waals surface area (Å²) in [6.45, 7) is 1.00. The maximum absolute atomic E-state index is 9.45. The van der Waals surface area contributed by atoms with E-state index < -0.39 is 10.2 Å². The van der Waals surface area contributed by atoms with Gasteiger partial charge in [0.2, 0.25) is 0 Å². The predicted octanol–water partition coefficient (Wildman–Crippen LogP) is -3.09. The van der Waals surface area contributed by atoms with Crippen LogP contribution in [-0.2, 0) is 34.1 Å². The zero-order valence-electron chi connectivity index (χ0n) is 10.2. The van der Waals surface area contributed by atoms with Crippen LogP contribution < -0.4 is 21.7 Å². The van der Waals surface area contributed by atoms with Gasteiger partial charge in [0.15, 0.2) is 0 Å².